The molecule has 0 bridgehead atoms. The number of aliphatic hydroxyl groups excluding tert-OH is 1. The van der Waals surface area contributed by atoms with E-state index in [2.05, 4.69) is 0 Å². The Morgan fingerprint density at radius 2 is 1.90 bits per heavy atom. The van der Waals surface area contributed by atoms with Crippen LogP contribution in [0.2, 0.25) is 0 Å². The molecule has 1 aliphatic rings. The topological polar surface area (TPSA) is 40.5 Å². The predicted octanol–water partition coefficient (Wildman–Crippen LogP) is 2.66. The van der Waals surface area contributed by atoms with E-state index in [0.717, 1.165) is 12.1 Å². The Kier molecular flexibility index (Phi) is 4.29. The average Bonchev–Trinajstić information content (AvgIpc) is 2.67. The minimum atomic E-state index is -4.37. The summed E-state index contributed by atoms with van der Waals surface area (Å²) < 4.78 is 37.5. The molecule has 0 unspecified atom stereocenters. The van der Waals surface area contributed by atoms with E-state index in [4.69, 9.17) is 5.11 Å². The van der Waals surface area contributed by atoms with Gasteiger partial charge in [-0.1, -0.05) is 12.1 Å². The van der Waals surface area contributed by atoms with Gasteiger partial charge in [0.15, 0.2) is 0 Å². The highest BCUT2D eigenvalue weighted by Gasteiger charge is 2.38. The molecule has 3 nitrogen and oxygen atoms in total. The van der Waals surface area contributed by atoms with E-state index in [0.29, 0.717) is 5.56 Å². The van der Waals surface area contributed by atoms with Crippen LogP contribution in [-0.2, 0) is 11.0 Å². The van der Waals surface area contributed by atoms with Crippen LogP contribution >= 0.6 is 11.8 Å². The number of β-amino-alcohol motifs (C(OH)–C–C–N with tert-alkyl or cyclic N) is 1. The number of alkyl halides is 3. The number of hydrogen-bond donors (Lipinski definition) is 1. The molecule has 0 aromatic heterocycles. The van der Waals surface area contributed by atoms with Gasteiger partial charge < -0.3 is 10.0 Å². The maximum atomic E-state index is 12.5. The third-order valence-electron chi connectivity index (χ3n) is 3.11. The van der Waals surface area contributed by atoms with Gasteiger partial charge in [-0.05, 0) is 24.6 Å². The Bertz CT molecular complexity index is 489. The lowest BCUT2D eigenvalue weighted by atomic mass is 10.1. The van der Waals surface area contributed by atoms with Crippen molar-refractivity contribution in [2.45, 2.75) is 23.7 Å². The van der Waals surface area contributed by atoms with Crippen LogP contribution in [0.25, 0.3) is 0 Å². The second-order valence-corrected chi connectivity index (χ2v) is 5.93. The summed E-state index contributed by atoms with van der Waals surface area (Å²) in [5.74, 6) is -0.103. The summed E-state index contributed by atoms with van der Waals surface area (Å²) in [6.07, 6.45) is -4.37. The van der Waals surface area contributed by atoms with Crippen LogP contribution in [0, 0.1) is 0 Å². The van der Waals surface area contributed by atoms with Gasteiger partial charge in [-0.2, -0.15) is 13.2 Å². The normalized spacial score (nSPS) is 23.4. The van der Waals surface area contributed by atoms with Gasteiger partial charge in [0.05, 0.1) is 17.4 Å². The van der Waals surface area contributed by atoms with Gasteiger partial charge in [-0.15, -0.1) is 11.8 Å². The Morgan fingerprint density at radius 1 is 1.30 bits per heavy atom. The van der Waals surface area contributed by atoms with Gasteiger partial charge >= 0.3 is 6.18 Å². The fourth-order valence-electron chi connectivity index (χ4n) is 2.10. The average molecular weight is 305 g/mol. The van der Waals surface area contributed by atoms with Crippen LogP contribution in [0.4, 0.5) is 13.2 Å². The first-order valence-electron chi connectivity index (χ1n) is 6.08. The molecule has 20 heavy (non-hydrogen) atoms. The van der Waals surface area contributed by atoms with Crippen molar-refractivity contribution in [1.82, 2.24) is 4.90 Å². The van der Waals surface area contributed by atoms with Crippen molar-refractivity contribution in [3.63, 3.8) is 0 Å². The highest BCUT2D eigenvalue weighted by Crippen LogP contribution is 2.43. The molecule has 0 aliphatic carbocycles. The van der Waals surface area contributed by atoms with Gasteiger partial charge in [0.25, 0.3) is 0 Å². The zero-order valence-corrected chi connectivity index (χ0v) is 11.5. The zero-order valence-electron chi connectivity index (χ0n) is 10.7. The second kappa shape index (κ2) is 5.65. The third kappa shape index (κ3) is 2.93. The van der Waals surface area contributed by atoms with Crippen LogP contribution in [0.3, 0.4) is 0 Å². The first-order valence-corrected chi connectivity index (χ1v) is 7.03. The van der Waals surface area contributed by atoms with Gasteiger partial charge in [0, 0.05) is 6.54 Å². The Balaban J connectivity index is 2.24. The maximum absolute atomic E-state index is 12.5. The summed E-state index contributed by atoms with van der Waals surface area (Å²) in [6, 6.07) is 4.80. The summed E-state index contributed by atoms with van der Waals surface area (Å²) in [6.45, 7) is 1.76. The number of aliphatic hydroxyl groups is 1. The lowest BCUT2D eigenvalue weighted by Gasteiger charge is -2.23. The van der Waals surface area contributed by atoms with Gasteiger partial charge in [0.1, 0.15) is 5.37 Å². The van der Waals surface area contributed by atoms with E-state index in [-0.39, 0.29) is 29.7 Å². The monoisotopic (exact) mass is 305 g/mol. The van der Waals surface area contributed by atoms with Crippen molar-refractivity contribution in [1.29, 1.82) is 0 Å². The van der Waals surface area contributed by atoms with Crippen molar-refractivity contribution >= 4 is 17.7 Å². The molecule has 0 saturated carbocycles. The van der Waals surface area contributed by atoms with E-state index in [1.165, 1.54) is 28.8 Å². The molecule has 0 radical (unpaired) electrons. The quantitative estimate of drug-likeness (QED) is 0.933. The standard InChI is InChI=1S/C13H14F3NO2S/c1-8-11(19)17(6-7-18)12(20-8)9-2-4-10(5-3-9)13(14,15)16/h2-5,8,12,18H,6-7H2,1H3/t8-,12+/m1/s1. The van der Waals surface area contributed by atoms with Crippen LogP contribution in [0.5, 0.6) is 0 Å². The number of rotatable bonds is 3. The molecule has 0 spiro atoms. The molecule has 1 aromatic carbocycles. The molecule has 1 aliphatic heterocycles. The van der Waals surface area contributed by atoms with Crippen molar-refractivity contribution in [2.24, 2.45) is 0 Å². The Labute approximate surface area is 118 Å². The molecule has 1 saturated heterocycles. The molecule has 2 atom stereocenters. The lowest BCUT2D eigenvalue weighted by molar-refractivity contribution is -0.137. The first-order chi connectivity index (χ1) is 9.34. The highest BCUT2D eigenvalue weighted by atomic mass is 32.2. The maximum Gasteiger partial charge on any atom is 0.416 e. The molecule has 1 fully saturated rings. The summed E-state index contributed by atoms with van der Waals surface area (Å²) in [5, 5.41) is 8.40. The molecule has 1 amide bonds. The smallest absolute Gasteiger partial charge is 0.395 e. The SMILES string of the molecule is C[C@H]1S[C@@H](c2ccc(C(F)(F)F)cc2)N(CCO)C1=O. The van der Waals surface area contributed by atoms with Crippen LogP contribution in [0.15, 0.2) is 24.3 Å². The molecule has 1 heterocycles. The number of halogens is 3. The van der Waals surface area contributed by atoms with E-state index in [1.54, 1.807) is 6.92 Å². The first kappa shape index (κ1) is 15.2. The molecular weight excluding hydrogens is 291 g/mol. The van der Waals surface area contributed by atoms with E-state index in [1.807, 2.05) is 0 Å². The summed E-state index contributed by atoms with van der Waals surface area (Å²) >= 11 is 1.37. The molecule has 7 heteroatoms. The second-order valence-electron chi connectivity index (χ2n) is 4.51. The summed E-state index contributed by atoms with van der Waals surface area (Å²) in [7, 11) is 0. The van der Waals surface area contributed by atoms with Gasteiger partial charge in [-0.25, -0.2) is 0 Å². The number of benzene rings is 1. The van der Waals surface area contributed by atoms with E-state index < -0.39 is 11.7 Å². The van der Waals surface area contributed by atoms with E-state index >= 15 is 0 Å². The van der Waals surface area contributed by atoms with Crippen molar-refractivity contribution < 1.29 is 23.1 Å². The molecular formula is C13H14F3NO2S. The molecule has 2 rings (SSSR count). The lowest BCUT2D eigenvalue weighted by Crippen LogP contribution is -2.32. The van der Waals surface area contributed by atoms with Crippen molar-refractivity contribution in [3.8, 4) is 0 Å². The summed E-state index contributed by atoms with van der Waals surface area (Å²) in [5.41, 5.74) is -0.0773. The van der Waals surface area contributed by atoms with Crippen molar-refractivity contribution in [2.75, 3.05) is 13.2 Å². The largest absolute Gasteiger partial charge is 0.416 e. The molecule has 1 aromatic rings. The fourth-order valence-corrected chi connectivity index (χ4v) is 3.41. The van der Waals surface area contributed by atoms with E-state index in [9.17, 15) is 18.0 Å². The predicted molar refractivity (Wildman–Crippen MR) is 70.0 cm³/mol. The zero-order chi connectivity index (χ0) is 14.9. The van der Waals surface area contributed by atoms with Crippen LogP contribution in [-0.4, -0.2) is 34.3 Å². The third-order valence-corrected chi connectivity index (χ3v) is 4.51. The van der Waals surface area contributed by atoms with Crippen LogP contribution in [0.1, 0.15) is 23.4 Å². The Morgan fingerprint density at radius 3 is 2.40 bits per heavy atom. The van der Waals surface area contributed by atoms with Crippen molar-refractivity contribution in [3.05, 3.63) is 35.4 Å². The minimum absolute atomic E-state index is 0.103. The number of amides is 1. The number of carbonyl (C=O) groups is 1. The van der Waals surface area contributed by atoms with Gasteiger partial charge in [-0.3, -0.25) is 4.79 Å². The number of hydrogen-bond acceptors (Lipinski definition) is 3. The minimum Gasteiger partial charge on any atom is -0.395 e. The summed E-state index contributed by atoms with van der Waals surface area (Å²) in [4.78, 5) is 13.4. The Hall–Kier alpha value is -1.21. The number of carbonyl (C=O) groups excluding carboxylic acids is 1. The molecule has 110 valence electrons. The highest BCUT2D eigenvalue weighted by molar-refractivity contribution is 8.01. The fraction of sp³-hybridized carbons (Fsp3) is 0.462. The molecule has 1 N–H and O–H groups in total. The number of nitrogens with zero attached hydrogens (tertiary/aromatic N) is 1. The van der Waals surface area contributed by atoms with Crippen LogP contribution < -0.4 is 0 Å². The van der Waals surface area contributed by atoms with Gasteiger partial charge in [0.2, 0.25) is 5.91 Å². The number of thioether (sulfide) groups is 1.